The van der Waals surface area contributed by atoms with Gasteiger partial charge in [0.25, 0.3) is 0 Å². The number of carboxylic acid groups (broad SMARTS) is 1. The average Bonchev–Trinajstić information content (AvgIpc) is 2.48. The Morgan fingerprint density at radius 1 is 1.53 bits per heavy atom. The van der Waals surface area contributed by atoms with Gasteiger partial charge in [-0.3, -0.25) is 0 Å². The molecule has 0 amide bonds. The molecule has 1 heterocycles. The van der Waals surface area contributed by atoms with E-state index < -0.39 is 12.3 Å². The van der Waals surface area contributed by atoms with Crippen LogP contribution in [0.5, 0.6) is 0 Å². The summed E-state index contributed by atoms with van der Waals surface area (Å²) in [6.45, 7) is 7.32. The molecule has 0 aromatic carbocycles. The molecule has 1 atom stereocenters. The number of nitrogens with zero attached hydrogens (tertiary/aromatic N) is 2. The van der Waals surface area contributed by atoms with Gasteiger partial charge in [0.2, 0.25) is 11.7 Å². The second-order valence-corrected chi connectivity index (χ2v) is 4.23. The molecule has 0 fully saturated rings. The zero-order valence-corrected chi connectivity index (χ0v) is 9.14. The molecule has 0 aliphatic carbocycles. The van der Waals surface area contributed by atoms with Crippen LogP contribution in [0.15, 0.2) is 4.52 Å². The van der Waals surface area contributed by atoms with E-state index in [4.69, 9.17) is 9.63 Å². The van der Waals surface area contributed by atoms with Gasteiger partial charge in [-0.2, -0.15) is 4.98 Å². The lowest BCUT2D eigenvalue weighted by atomic mass is 9.97. The van der Waals surface area contributed by atoms with Crippen LogP contribution in [-0.2, 0) is 10.2 Å². The van der Waals surface area contributed by atoms with Crippen molar-refractivity contribution >= 4 is 6.16 Å². The van der Waals surface area contributed by atoms with E-state index in [9.17, 15) is 4.79 Å². The molecule has 0 aliphatic heterocycles. The predicted molar refractivity (Wildman–Crippen MR) is 50.5 cm³/mol. The molecule has 1 aromatic rings. The largest absolute Gasteiger partial charge is 0.506 e. The molecule has 0 saturated carbocycles. The summed E-state index contributed by atoms with van der Waals surface area (Å²) in [6.07, 6.45) is -2.08. The molecule has 0 spiro atoms. The maximum Gasteiger partial charge on any atom is 0.506 e. The van der Waals surface area contributed by atoms with Crippen LogP contribution in [0.25, 0.3) is 0 Å². The van der Waals surface area contributed by atoms with Gasteiger partial charge in [0.05, 0.1) is 0 Å². The molecular formula is C9H14N2O4. The van der Waals surface area contributed by atoms with Gasteiger partial charge in [-0.1, -0.05) is 25.9 Å². The van der Waals surface area contributed by atoms with Crippen LogP contribution in [0.3, 0.4) is 0 Å². The second kappa shape index (κ2) is 3.88. The molecule has 0 bridgehead atoms. The fourth-order valence-corrected chi connectivity index (χ4v) is 0.909. The number of aromatic nitrogens is 2. The van der Waals surface area contributed by atoms with Crippen molar-refractivity contribution in [3.05, 3.63) is 11.7 Å². The van der Waals surface area contributed by atoms with E-state index in [1.54, 1.807) is 6.92 Å². The highest BCUT2D eigenvalue weighted by atomic mass is 16.7. The Morgan fingerprint density at radius 2 is 2.13 bits per heavy atom. The average molecular weight is 214 g/mol. The molecular weight excluding hydrogens is 200 g/mol. The van der Waals surface area contributed by atoms with Gasteiger partial charge in [0.15, 0.2) is 6.10 Å². The lowest BCUT2D eigenvalue weighted by Gasteiger charge is -2.10. The Labute approximate surface area is 87.2 Å². The van der Waals surface area contributed by atoms with Crippen molar-refractivity contribution in [2.24, 2.45) is 0 Å². The summed E-state index contributed by atoms with van der Waals surface area (Å²) in [7, 11) is 0. The molecule has 84 valence electrons. The van der Waals surface area contributed by atoms with Crippen molar-refractivity contribution in [2.45, 2.75) is 39.2 Å². The number of carbonyl (C=O) groups is 1. The van der Waals surface area contributed by atoms with Crippen LogP contribution in [0.4, 0.5) is 4.79 Å². The number of hydrogen-bond acceptors (Lipinski definition) is 5. The van der Waals surface area contributed by atoms with Gasteiger partial charge in [0.1, 0.15) is 0 Å². The summed E-state index contributed by atoms with van der Waals surface area (Å²) in [5.74, 6) is 0.695. The summed E-state index contributed by atoms with van der Waals surface area (Å²) < 4.78 is 9.49. The molecule has 6 heteroatoms. The molecule has 1 rings (SSSR count). The fourth-order valence-electron chi connectivity index (χ4n) is 0.909. The highest BCUT2D eigenvalue weighted by Gasteiger charge is 2.24. The first-order valence-electron chi connectivity index (χ1n) is 4.54. The topological polar surface area (TPSA) is 85.5 Å². The maximum absolute atomic E-state index is 10.3. The van der Waals surface area contributed by atoms with Crippen molar-refractivity contribution in [1.29, 1.82) is 0 Å². The normalized spacial score (nSPS) is 13.6. The van der Waals surface area contributed by atoms with Crippen molar-refractivity contribution in [3.63, 3.8) is 0 Å². The van der Waals surface area contributed by atoms with E-state index in [1.165, 1.54) is 0 Å². The molecule has 15 heavy (non-hydrogen) atoms. The van der Waals surface area contributed by atoms with Crippen molar-refractivity contribution in [2.75, 3.05) is 0 Å². The predicted octanol–water partition coefficient (Wildman–Crippen LogP) is 2.12. The highest BCUT2D eigenvalue weighted by Crippen LogP contribution is 2.22. The van der Waals surface area contributed by atoms with E-state index in [-0.39, 0.29) is 11.2 Å². The Morgan fingerprint density at radius 3 is 2.53 bits per heavy atom. The summed E-state index contributed by atoms with van der Waals surface area (Å²) in [4.78, 5) is 14.3. The van der Waals surface area contributed by atoms with Crippen LogP contribution in [0.2, 0.25) is 0 Å². The van der Waals surface area contributed by atoms with Crippen LogP contribution < -0.4 is 0 Å². The minimum absolute atomic E-state index is 0.238. The van der Waals surface area contributed by atoms with Crippen LogP contribution in [0, 0.1) is 0 Å². The first kappa shape index (κ1) is 11.5. The lowest BCUT2D eigenvalue weighted by Crippen LogP contribution is -2.12. The smallest absolute Gasteiger partial charge is 0.450 e. The molecule has 1 aromatic heterocycles. The third-order valence-corrected chi connectivity index (χ3v) is 1.72. The van der Waals surface area contributed by atoms with Gasteiger partial charge in [-0.15, -0.1) is 0 Å². The molecule has 6 nitrogen and oxygen atoms in total. The van der Waals surface area contributed by atoms with E-state index in [0.29, 0.717) is 5.89 Å². The van der Waals surface area contributed by atoms with Gasteiger partial charge < -0.3 is 14.4 Å². The zero-order chi connectivity index (χ0) is 11.6. The van der Waals surface area contributed by atoms with E-state index in [0.717, 1.165) is 0 Å². The molecule has 1 N–H and O–H groups in total. The second-order valence-electron chi connectivity index (χ2n) is 4.23. The number of ether oxygens (including phenoxy) is 1. The van der Waals surface area contributed by atoms with Crippen LogP contribution in [-0.4, -0.2) is 21.4 Å². The molecule has 0 saturated heterocycles. The monoisotopic (exact) mass is 214 g/mol. The third-order valence-electron chi connectivity index (χ3n) is 1.72. The SMILES string of the molecule is CC(OC(=O)O)c1noc(C(C)(C)C)n1. The van der Waals surface area contributed by atoms with E-state index in [1.807, 2.05) is 20.8 Å². The fraction of sp³-hybridized carbons (Fsp3) is 0.667. The first-order valence-corrected chi connectivity index (χ1v) is 4.54. The summed E-state index contributed by atoms with van der Waals surface area (Å²) in [5.41, 5.74) is -0.256. The van der Waals surface area contributed by atoms with Crippen molar-refractivity contribution in [3.8, 4) is 0 Å². The Hall–Kier alpha value is -1.59. The van der Waals surface area contributed by atoms with E-state index >= 15 is 0 Å². The van der Waals surface area contributed by atoms with Gasteiger partial charge in [-0.25, -0.2) is 4.79 Å². The molecule has 0 radical (unpaired) electrons. The first-order chi connectivity index (χ1) is 6.80. The lowest BCUT2D eigenvalue weighted by molar-refractivity contribution is 0.0544. The van der Waals surface area contributed by atoms with Gasteiger partial charge >= 0.3 is 6.16 Å². The highest BCUT2D eigenvalue weighted by molar-refractivity contribution is 5.57. The Kier molecular flexibility index (Phi) is 2.97. The van der Waals surface area contributed by atoms with Crippen LogP contribution >= 0.6 is 0 Å². The minimum atomic E-state index is -1.36. The maximum atomic E-state index is 10.3. The van der Waals surface area contributed by atoms with E-state index in [2.05, 4.69) is 14.9 Å². The molecule has 0 aliphatic rings. The van der Waals surface area contributed by atoms with Crippen LogP contribution in [0.1, 0.15) is 45.5 Å². The number of hydrogen-bond donors (Lipinski definition) is 1. The van der Waals surface area contributed by atoms with Gasteiger partial charge in [-0.05, 0) is 6.92 Å². The summed E-state index contributed by atoms with van der Waals surface area (Å²) >= 11 is 0. The quantitative estimate of drug-likeness (QED) is 0.759. The van der Waals surface area contributed by atoms with Crippen molar-refractivity contribution < 1.29 is 19.2 Å². The zero-order valence-electron chi connectivity index (χ0n) is 9.14. The standard InChI is InChI=1S/C9H14N2O4/c1-5(14-8(12)13)6-10-7(15-11-6)9(2,3)4/h5H,1-4H3,(H,12,13). The number of rotatable bonds is 2. The Balaban J connectivity index is 2.80. The molecule has 1 unspecified atom stereocenters. The minimum Gasteiger partial charge on any atom is -0.450 e. The summed E-state index contributed by atoms with van der Waals surface area (Å²) in [6, 6.07) is 0. The summed E-state index contributed by atoms with van der Waals surface area (Å²) in [5, 5.41) is 12.1. The third kappa shape index (κ3) is 2.93. The van der Waals surface area contributed by atoms with Gasteiger partial charge in [0, 0.05) is 5.41 Å². The van der Waals surface area contributed by atoms with Crippen molar-refractivity contribution in [1.82, 2.24) is 10.1 Å². The Bertz CT molecular complexity index is 353.